The third kappa shape index (κ3) is 4.05. The van der Waals surface area contributed by atoms with Gasteiger partial charge in [-0.2, -0.15) is 0 Å². The van der Waals surface area contributed by atoms with Gasteiger partial charge in [0.25, 0.3) is 5.91 Å². The Labute approximate surface area is 112 Å². The highest BCUT2D eigenvalue weighted by atomic mass is 16.3. The first-order valence-corrected chi connectivity index (χ1v) is 6.03. The number of amides is 1. The number of rotatable bonds is 4. The lowest BCUT2D eigenvalue weighted by atomic mass is 10.1. The molecule has 0 aliphatic rings. The van der Waals surface area contributed by atoms with Crippen molar-refractivity contribution < 1.29 is 15.0 Å². The Morgan fingerprint density at radius 3 is 2.89 bits per heavy atom. The van der Waals surface area contributed by atoms with Crippen LogP contribution in [-0.2, 0) is 0 Å². The van der Waals surface area contributed by atoms with Crippen LogP contribution >= 0.6 is 0 Å². The van der Waals surface area contributed by atoms with E-state index < -0.39 is 0 Å². The zero-order valence-corrected chi connectivity index (χ0v) is 11.1. The summed E-state index contributed by atoms with van der Waals surface area (Å²) in [4.78, 5) is 17.7. The predicted molar refractivity (Wildman–Crippen MR) is 71.5 cm³/mol. The summed E-state index contributed by atoms with van der Waals surface area (Å²) in [5.74, 6) is 5.38. The van der Waals surface area contributed by atoms with Crippen molar-refractivity contribution in [2.24, 2.45) is 0 Å². The van der Waals surface area contributed by atoms with E-state index >= 15 is 0 Å². The molecule has 19 heavy (non-hydrogen) atoms. The molecular weight excluding hydrogens is 244 g/mol. The van der Waals surface area contributed by atoms with Gasteiger partial charge in [-0.3, -0.25) is 9.78 Å². The second kappa shape index (κ2) is 7.52. The minimum atomic E-state index is -0.265. The first-order valence-electron chi connectivity index (χ1n) is 6.03. The minimum absolute atomic E-state index is 0.0159. The number of carbonyl (C=O) groups excluding carboxylic acids is 1. The Morgan fingerprint density at radius 1 is 1.53 bits per heavy atom. The maximum absolute atomic E-state index is 12.3. The number of hydrogen-bond donors (Lipinski definition) is 2. The highest BCUT2D eigenvalue weighted by molar-refractivity contribution is 5.96. The predicted octanol–water partition coefficient (Wildman–Crippen LogP) is 0.268. The van der Waals surface area contributed by atoms with Crippen LogP contribution in [0.2, 0.25) is 0 Å². The molecule has 0 aliphatic carbocycles. The van der Waals surface area contributed by atoms with Gasteiger partial charge in [-0.25, -0.2) is 0 Å². The number of hydrogen-bond acceptors (Lipinski definition) is 4. The highest BCUT2D eigenvalue weighted by Gasteiger charge is 2.18. The van der Waals surface area contributed by atoms with Gasteiger partial charge in [0.15, 0.2) is 0 Å². The average molecular weight is 262 g/mol. The molecule has 1 atom stereocenters. The molecule has 1 aromatic rings. The van der Waals surface area contributed by atoms with Crippen LogP contribution in [0, 0.1) is 11.8 Å². The second-order valence-electron chi connectivity index (χ2n) is 4.14. The van der Waals surface area contributed by atoms with E-state index in [1.54, 1.807) is 20.0 Å². The van der Waals surface area contributed by atoms with E-state index in [1.807, 2.05) is 0 Å². The van der Waals surface area contributed by atoms with Crippen LogP contribution in [0.1, 0.15) is 29.3 Å². The number of aliphatic hydroxyl groups excluding tert-OH is 2. The Bertz CT molecular complexity index is 491. The number of pyridine rings is 1. The van der Waals surface area contributed by atoms with Gasteiger partial charge >= 0.3 is 0 Å². The molecule has 1 heterocycles. The van der Waals surface area contributed by atoms with Gasteiger partial charge in [0.2, 0.25) is 0 Å². The lowest BCUT2D eigenvalue weighted by molar-refractivity contribution is 0.0682. The summed E-state index contributed by atoms with van der Waals surface area (Å²) in [6.45, 7) is 1.65. The summed E-state index contributed by atoms with van der Waals surface area (Å²) < 4.78 is 0. The van der Waals surface area contributed by atoms with Gasteiger partial charge in [0.1, 0.15) is 0 Å². The molecule has 0 fully saturated rings. The summed E-state index contributed by atoms with van der Waals surface area (Å²) in [7, 11) is 1.63. The standard InChI is InChI=1S/C14H18N2O3/c1-11(10-18)16(2)14(19)13-6-7-15-9-12(13)5-3-4-8-17/h6-7,9,11,17-18H,4,8,10H2,1-2H3. The molecule has 5 heteroatoms. The van der Waals surface area contributed by atoms with Gasteiger partial charge in [0, 0.05) is 25.9 Å². The zero-order chi connectivity index (χ0) is 14.3. The molecule has 102 valence electrons. The summed E-state index contributed by atoms with van der Waals surface area (Å²) >= 11 is 0. The van der Waals surface area contributed by atoms with Crippen LogP contribution < -0.4 is 0 Å². The molecular formula is C14H18N2O3. The van der Waals surface area contributed by atoms with Gasteiger partial charge in [-0.15, -0.1) is 0 Å². The molecule has 0 aliphatic heterocycles. The largest absolute Gasteiger partial charge is 0.395 e. The van der Waals surface area contributed by atoms with Crippen molar-refractivity contribution >= 4 is 5.91 Å². The number of carbonyl (C=O) groups is 1. The summed E-state index contributed by atoms with van der Waals surface area (Å²) in [5.41, 5.74) is 0.973. The van der Waals surface area contributed by atoms with Gasteiger partial charge in [-0.1, -0.05) is 11.8 Å². The van der Waals surface area contributed by atoms with Crippen molar-refractivity contribution in [3.8, 4) is 11.8 Å². The van der Waals surface area contributed by atoms with Crippen LogP contribution in [0.5, 0.6) is 0 Å². The van der Waals surface area contributed by atoms with Crippen LogP contribution in [0.15, 0.2) is 18.5 Å². The third-order valence-corrected chi connectivity index (χ3v) is 2.76. The van der Waals surface area contributed by atoms with Crippen molar-refractivity contribution in [3.63, 3.8) is 0 Å². The molecule has 0 spiro atoms. The van der Waals surface area contributed by atoms with E-state index in [-0.39, 0.29) is 25.2 Å². The molecule has 5 nitrogen and oxygen atoms in total. The number of nitrogens with zero attached hydrogens (tertiary/aromatic N) is 2. The Hall–Kier alpha value is -1.90. The van der Waals surface area contributed by atoms with E-state index in [9.17, 15) is 4.79 Å². The van der Waals surface area contributed by atoms with Gasteiger partial charge in [-0.05, 0) is 13.0 Å². The molecule has 1 unspecified atom stereocenters. The van der Waals surface area contributed by atoms with Crippen LogP contribution in [-0.4, -0.2) is 52.3 Å². The van der Waals surface area contributed by atoms with E-state index in [0.29, 0.717) is 17.5 Å². The Morgan fingerprint density at radius 2 is 2.26 bits per heavy atom. The van der Waals surface area contributed by atoms with E-state index in [2.05, 4.69) is 16.8 Å². The van der Waals surface area contributed by atoms with E-state index in [1.165, 1.54) is 17.3 Å². The second-order valence-corrected chi connectivity index (χ2v) is 4.14. The molecule has 1 amide bonds. The fourth-order valence-corrected chi connectivity index (χ4v) is 1.41. The fraction of sp³-hybridized carbons (Fsp3) is 0.429. The third-order valence-electron chi connectivity index (χ3n) is 2.76. The number of aromatic nitrogens is 1. The minimum Gasteiger partial charge on any atom is -0.395 e. The van der Waals surface area contributed by atoms with Gasteiger partial charge in [0.05, 0.1) is 30.4 Å². The summed E-state index contributed by atoms with van der Waals surface area (Å²) in [6, 6.07) is 1.34. The molecule has 0 bridgehead atoms. The number of aliphatic hydroxyl groups is 2. The molecule has 1 rings (SSSR count). The molecule has 0 radical (unpaired) electrons. The van der Waals surface area contributed by atoms with Crippen LogP contribution in [0.4, 0.5) is 0 Å². The average Bonchev–Trinajstić information content (AvgIpc) is 2.45. The highest BCUT2D eigenvalue weighted by Crippen LogP contribution is 2.10. The normalized spacial score (nSPS) is 11.4. The van der Waals surface area contributed by atoms with E-state index in [4.69, 9.17) is 10.2 Å². The first kappa shape index (κ1) is 15.2. The molecule has 0 aromatic carbocycles. The lowest BCUT2D eigenvalue weighted by Gasteiger charge is -2.23. The zero-order valence-electron chi connectivity index (χ0n) is 11.1. The van der Waals surface area contributed by atoms with Crippen molar-refractivity contribution in [2.45, 2.75) is 19.4 Å². The summed E-state index contributed by atoms with van der Waals surface area (Å²) in [6.07, 6.45) is 3.41. The van der Waals surface area contributed by atoms with Gasteiger partial charge < -0.3 is 15.1 Å². The maximum atomic E-state index is 12.3. The SMILES string of the molecule is CC(CO)N(C)C(=O)c1ccncc1C#CCCO. The quantitative estimate of drug-likeness (QED) is 0.764. The maximum Gasteiger partial charge on any atom is 0.255 e. The van der Waals surface area contributed by atoms with Crippen molar-refractivity contribution in [2.75, 3.05) is 20.3 Å². The topological polar surface area (TPSA) is 73.7 Å². The van der Waals surface area contributed by atoms with Crippen LogP contribution in [0.25, 0.3) is 0 Å². The molecule has 2 N–H and O–H groups in total. The molecule has 0 saturated heterocycles. The molecule has 1 aromatic heterocycles. The Kier molecular flexibility index (Phi) is 6.00. The molecule has 0 saturated carbocycles. The smallest absolute Gasteiger partial charge is 0.255 e. The van der Waals surface area contributed by atoms with Crippen LogP contribution in [0.3, 0.4) is 0 Å². The van der Waals surface area contributed by atoms with Crippen molar-refractivity contribution in [3.05, 3.63) is 29.6 Å². The number of likely N-dealkylation sites (N-methyl/N-ethyl adjacent to an activating group) is 1. The monoisotopic (exact) mass is 262 g/mol. The first-order chi connectivity index (χ1) is 9.11. The Balaban J connectivity index is 3.01. The van der Waals surface area contributed by atoms with Crippen molar-refractivity contribution in [1.82, 2.24) is 9.88 Å². The summed E-state index contributed by atoms with van der Waals surface area (Å²) in [5, 5.41) is 17.8. The van der Waals surface area contributed by atoms with Crippen molar-refractivity contribution in [1.29, 1.82) is 0 Å². The fourth-order valence-electron chi connectivity index (χ4n) is 1.41. The van der Waals surface area contributed by atoms with E-state index in [0.717, 1.165) is 0 Å². The lowest BCUT2D eigenvalue weighted by Crippen LogP contribution is -2.37.